The molecule has 0 bridgehead atoms. The third-order valence-electron chi connectivity index (χ3n) is 19.9. The fraction of sp³-hybridized carbons (Fsp3) is 0.430. The zero-order valence-corrected chi connectivity index (χ0v) is 69.3. The number of carboxylic acids is 2. The van der Waals surface area contributed by atoms with Gasteiger partial charge >= 0.3 is 43.4 Å². The number of esters is 1. The standard InChI is InChI=1S/C26H27ClF3N3O4S.C24H23ClF3N3O4S.C16H15ClF3N3O3S.C13H14ClF3O2/c1-3-36-25(34)23-24(33(32-31-23)15-16-4-8-18(35-2)9-5-16)38-20-11-6-17(7-12-20)21-14-19(10-13-22(21)27)37-26(28,29)30;1-34-16-6-2-14(3-7-16)13-31-22(21(23(32)33)29-30-31)36-18-9-4-15(5-10-18)19-12-17(8-11-20(19)25)35-24(26,27)28;17-12-6-3-9(26-16(18,19)20)7-11(12)8-1-4-10(5-2-8)27-14-13(15(24)25)21-23-22-14;14-12-6-5-10(19-13(15,16)17)7-11(12)8-1-3-9(18)4-2-8/h4-5,8-10,13-14,17,20H,3,6-7,11-12,15H2,1-2H3;2-3,6-8,11-12,15,18H,4-5,9-10,13H2,1H3,(H,32,33);3,6-8,10H,1-2,4-5H2,(H,24,25)(H,21,22,23);5-9,18H,1-4H2. The summed E-state index contributed by atoms with van der Waals surface area (Å²) in [7, 11) is 3.18. The lowest BCUT2D eigenvalue weighted by molar-refractivity contribution is -0.275. The van der Waals surface area contributed by atoms with Gasteiger partial charge in [-0.05, 0) is 264 Å². The van der Waals surface area contributed by atoms with Crippen LogP contribution in [0.3, 0.4) is 0 Å². The molecule has 0 saturated heterocycles. The lowest BCUT2D eigenvalue weighted by Gasteiger charge is -2.29. The molecule has 120 heavy (non-hydrogen) atoms. The second-order valence-corrected chi connectivity index (χ2v) is 33.5. The number of hydrogen-bond donors (Lipinski definition) is 4. The summed E-state index contributed by atoms with van der Waals surface area (Å²) < 4.78 is 185. The van der Waals surface area contributed by atoms with E-state index in [0.717, 1.165) is 81.1 Å². The van der Waals surface area contributed by atoms with Crippen LogP contribution in [-0.2, 0) is 17.8 Å². The van der Waals surface area contributed by atoms with E-state index in [9.17, 15) is 77.3 Å². The smallest absolute Gasteiger partial charge is 0.497 e. The summed E-state index contributed by atoms with van der Waals surface area (Å²) in [5.41, 5.74) is 4.41. The van der Waals surface area contributed by atoms with Crippen molar-refractivity contribution in [2.75, 3.05) is 20.8 Å². The molecule has 6 aromatic carbocycles. The van der Waals surface area contributed by atoms with Gasteiger partial charge in [-0.3, -0.25) is 0 Å². The molecule has 4 fully saturated rings. The largest absolute Gasteiger partial charge is 0.573 e. The van der Waals surface area contributed by atoms with E-state index in [1.54, 1.807) is 30.5 Å². The van der Waals surface area contributed by atoms with Crippen molar-refractivity contribution in [1.82, 2.24) is 45.4 Å². The number of benzene rings is 6. The van der Waals surface area contributed by atoms with E-state index in [2.05, 4.69) is 55.0 Å². The van der Waals surface area contributed by atoms with Gasteiger partial charge in [-0.15, -0.1) is 96.6 Å². The van der Waals surface area contributed by atoms with Crippen LogP contribution < -0.4 is 28.4 Å². The van der Waals surface area contributed by atoms with Crippen LogP contribution in [0, 0.1) is 0 Å². The van der Waals surface area contributed by atoms with Crippen molar-refractivity contribution < 1.29 is 116 Å². The molecule has 3 heterocycles. The SMILES string of the molecule is CCOC(=O)c1nnn(Cc2ccc(OC)cc2)c1SC1CCC(c2cc(OC(F)(F)F)ccc2Cl)CC1.COc1ccc(Cn2nnc(C(=O)O)c2SC2CCC(c3cc(OC(F)(F)F)ccc3Cl)CC2)cc1.O=C(O)c1n[nH]nc1SC1CCC(c2cc(OC(F)(F)F)ccc2Cl)CC1.OC1CCC(c2cc(OC(F)(F)F)ccc2Cl)CC1. The zero-order valence-electron chi connectivity index (χ0n) is 63.9. The minimum absolute atomic E-state index is 0.00277. The first-order valence-electron chi connectivity index (χ1n) is 37.4. The molecule has 648 valence electrons. The number of nitrogens with zero attached hydrogens (tertiary/aromatic N) is 8. The van der Waals surface area contributed by atoms with Gasteiger partial charge in [0.15, 0.2) is 5.03 Å². The molecule has 41 heteroatoms. The summed E-state index contributed by atoms with van der Waals surface area (Å²) in [6, 6.07) is 30.9. The number of ether oxygens (including phenoxy) is 7. The van der Waals surface area contributed by atoms with Crippen molar-refractivity contribution in [1.29, 1.82) is 0 Å². The Morgan fingerprint density at radius 3 is 1.03 bits per heavy atom. The summed E-state index contributed by atoms with van der Waals surface area (Å²) in [5, 5.41) is 57.7. The number of aromatic amines is 1. The van der Waals surface area contributed by atoms with Crippen LogP contribution in [0.25, 0.3) is 0 Å². The van der Waals surface area contributed by atoms with Gasteiger partial charge in [0, 0.05) is 35.8 Å². The molecule has 0 amide bonds. The summed E-state index contributed by atoms with van der Waals surface area (Å²) in [6.07, 6.45) is -7.83. The van der Waals surface area contributed by atoms with Crippen LogP contribution in [0.5, 0.6) is 34.5 Å². The fourth-order valence-corrected chi connectivity index (χ4v) is 19.0. The van der Waals surface area contributed by atoms with Gasteiger partial charge in [-0.25, -0.2) is 23.7 Å². The van der Waals surface area contributed by atoms with Crippen LogP contribution >= 0.6 is 81.7 Å². The Morgan fingerprint density at radius 2 is 0.725 bits per heavy atom. The number of aliphatic hydroxyl groups excluding tert-OH is 1. The van der Waals surface area contributed by atoms with E-state index < -0.39 is 43.4 Å². The molecule has 22 nitrogen and oxygen atoms in total. The van der Waals surface area contributed by atoms with Gasteiger partial charge in [0.1, 0.15) is 44.5 Å². The number of halogens is 16. The molecule has 0 radical (unpaired) electrons. The van der Waals surface area contributed by atoms with Crippen molar-refractivity contribution in [3.8, 4) is 34.5 Å². The second kappa shape index (κ2) is 42.4. The predicted octanol–water partition coefficient (Wildman–Crippen LogP) is 22.4. The Balaban J connectivity index is 0.000000173. The second-order valence-electron chi connectivity index (χ2n) is 28.0. The maximum atomic E-state index is 12.7. The van der Waals surface area contributed by atoms with Gasteiger partial charge in [0.05, 0.1) is 40.0 Å². The van der Waals surface area contributed by atoms with Crippen LogP contribution in [0.2, 0.25) is 20.1 Å². The number of aromatic nitrogens is 9. The number of carboxylic acid groups (broad SMARTS) is 2. The molecule has 0 unspecified atom stereocenters. The van der Waals surface area contributed by atoms with Crippen molar-refractivity contribution >= 4 is 99.6 Å². The van der Waals surface area contributed by atoms with Gasteiger partial charge < -0.3 is 48.5 Å². The Bertz CT molecular complexity index is 4890. The number of aliphatic hydroxyl groups is 1. The number of carbonyl (C=O) groups is 3. The number of H-pyrrole nitrogens is 1. The summed E-state index contributed by atoms with van der Waals surface area (Å²) >= 11 is 29.1. The molecule has 4 N–H and O–H groups in total. The van der Waals surface area contributed by atoms with E-state index in [1.165, 1.54) is 108 Å². The van der Waals surface area contributed by atoms with Crippen LogP contribution in [-0.4, -0.2) is 147 Å². The van der Waals surface area contributed by atoms with Crippen LogP contribution in [0.4, 0.5) is 52.7 Å². The first-order valence-corrected chi connectivity index (χ1v) is 41.6. The Hall–Kier alpha value is -8.72. The van der Waals surface area contributed by atoms with Crippen molar-refractivity contribution in [2.45, 2.75) is 209 Å². The number of rotatable bonds is 24. The Labute approximate surface area is 712 Å². The zero-order chi connectivity index (χ0) is 86.8. The Kier molecular flexibility index (Phi) is 33.0. The molecule has 3 aromatic heterocycles. The monoisotopic (exact) mass is 1830 g/mol. The summed E-state index contributed by atoms with van der Waals surface area (Å²) in [4.78, 5) is 35.4. The molecule has 0 aliphatic heterocycles. The van der Waals surface area contributed by atoms with Crippen LogP contribution in [0.1, 0.15) is 198 Å². The number of alkyl halides is 12. The molecule has 0 atom stereocenters. The first-order chi connectivity index (χ1) is 56.9. The normalized spacial score (nSPS) is 19.5. The lowest BCUT2D eigenvalue weighted by atomic mass is 9.83. The third kappa shape index (κ3) is 27.9. The highest BCUT2D eigenvalue weighted by molar-refractivity contribution is 8.00. The van der Waals surface area contributed by atoms with Gasteiger partial charge in [-0.1, -0.05) is 92.9 Å². The number of hydrogen-bond acceptors (Lipinski definition) is 20. The van der Waals surface area contributed by atoms with E-state index >= 15 is 0 Å². The van der Waals surface area contributed by atoms with Crippen LogP contribution in [0.15, 0.2) is 136 Å². The minimum atomic E-state index is -4.77. The van der Waals surface area contributed by atoms with Crippen molar-refractivity contribution in [2.24, 2.45) is 0 Å². The molecule has 4 aliphatic rings. The predicted molar refractivity (Wildman–Crippen MR) is 423 cm³/mol. The number of thioether (sulfide) groups is 3. The molecule has 4 saturated carbocycles. The molecular formula is C79H79Cl4F12N9O13S3. The molecule has 0 spiro atoms. The summed E-state index contributed by atoms with van der Waals surface area (Å²) in [6.45, 7) is 2.71. The summed E-state index contributed by atoms with van der Waals surface area (Å²) in [5.74, 6) is -2.41. The molecule has 4 aliphatic carbocycles. The molecule has 9 aromatic rings. The maximum absolute atomic E-state index is 12.7. The van der Waals surface area contributed by atoms with Gasteiger partial charge in [0.2, 0.25) is 17.1 Å². The molecule has 13 rings (SSSR count). The van der Waals surface area contributed by atoms with E-state index in [4.69, 9.17) is 65.7 Å². The average molecular weight is 1830 g/mol. The van der Waals surface area contributed by atoms with E-state index in [0.29, 0.717) is 115 Å². The third-order valence-corrected chi connectivity index (χ3v) is 25.4. The number of aromatic carboxylic acids is 2. The van der Waals surface area contributed by atoms with Crippen molar-refractivity contribution in [3.05, 3.63) is 192 Å². The highest BCUT2D eigenvalue weighted by Gasteiger charge is 2.38. The average Bonchev–Trinajstić information content (AvgIpc) is 1.65. The van der Waals surface area contributed by atoms with Gasteiger partial charge in [0.25, 0.3) is 0 Å². The fourth-order valence-electron chi connectivity index (χ4n) is 14.2. The molecular weight excluding hydrogens is 1750 g/mol. The highest BCUT2D eigenvalue weighted by atomic mass is 35.5. The maximum Gasteiger partial charge on any atom is 0.573 e. The van der Waals surface area contributed by atoms with E-state index in [1.807, 2.05) is 48.5 Å². The van der Waals surface area contributed by atoms with Crippen molar-refractivity contribution in [3.63, 3.8) is 0 Å². The number of carbonyl (C=O) groups excluding carboxylic acids is 1. The Morgan fingerprint density at radius 1 is 0.425 bits per heavy atom. The minimum Gasteiger partial charge on any atom is -0.497 e. The van der Waals surface area contributed by atoms with Gasteiger partial charge in [-0.2, -0.15) is 5.21 Å². The first kappa shape index (κ1) is 93.5. The van der Waals surface area contributed by atoms with E-state index in [-0.39, 0.29) is 92.2 Å². The number of methoxy groups -OCH3 is 2. The quantitative estimate of drug-likeness (QED) is 0.0323. The highest BCUT2D eigenvalue weighted by Crippen LogP contribution is 2.48. The number of nitrogens with one attached hydrogen (secondary N) is 1. The lowest BCUT2D eigenvalue weighted by Crippen LogP contribution is -2.19. The topological polar surface area (TPSA) is 279 Å².